The van der Waals surface area contributed by atoms with Gasteiger partial charge in [-0.2, -0.15) is 0 Å². The van der Waals surface area contributed by atoms with Crippen LogP contribution in [0.5, 0.6) is 0 Å². The lowest BCUT2D eigenvalue weighted by Gasteiger charge is -2.27. The van der Waals surface area contributed by atoms with E-state index < -0.39 is 0 Å². The van der Waals surface area contributed by atoms with Crippen molar-refractivity contribution in [2.75, 3.05) is 23.9 Å². The van der Waals surface area contributed by atoms with E-state index in [1.807, 2.05) is 12.1 Å². The Morgan fingerprint density at radius 2 is 1.36 bits per heavy atom. The summed E-state index contributed by atoms with van der Waals surface area (Å²) in [5.74, 6) is 0. The average molecular weight is 351 g/mol. The van der Waals surface area contributed by atoms with Gasteiger partial charge in [-0.15, -0.1) is 0 Å². The first kappa shape index (κ1) is 17.4. The van der Waals surface area contributed by atoms with Gasteiger partial charge in [-0.3, -0.25) is 0 Å². The molecule has 3 aromatic carbocycles. The van der Waals surface area contributed by atoms with Crippen molar-refractivity contribution in [2.24, 2.45) is 0 Å². The highest BCUT2D eigenvalue weighted by molar-refractivity contribution is 6.30. The SMILES string of the molecule is CN(C)c1ccccc1CN(Cc1ccc(Cl)cc1)c1ccccc1. The first-order valence-electron chi connectivity index (χ1n) is 8.43. The lowest BCUT2D eigenvalue weighted by atomic mass is 10.1. The van der Waals surface area contributed by atoms with Crippen LogP contribution in [0.4, 0.5) is 11.4 Å². The monoisotopic (exact) mass is 350 g/mol. The fourth-order valence-corrected chi connectivity index (χ4v) is 3.10. The fraction of sp³-hybridized carbons (Fsp3) is 0.182. The standard InChI is InChI=1S/C22H23ClN2/c1-24(2)22-11-7-6-8-19(22)17-25(21-9-4-3-5-10-21)16-18-12-14-20(23)15-13-18/h3-15H,16-17H2,1-2H3. The molecule has 3 aromatic rings. The Bertz CT molecular complexity index is 798. The maximum Gasteiger partial charge on any atom is 0.0453 e. The second-order valence-corrected chi connectivity index (χ2v) is 6.78. The summed E-state index contributed by atoms with van der Waals surface area (Å²) in [7, 11) is 4.18. The van der Waals surface area contributed by atoms with Gasteiger partial charge < -0.3 is 9.80 Å². The highest BCUT2D eigenvalue weighted by atomic mass is 35.5. The Hall–Kier alpha value is -2.45. The third kappa shape index (κ3) is 4.55. The van der Waals surface area contributed by atoms with E-state index >= 15 is 0 Å². The van der Waals surface area contributed by atoms with E-state index in [2.05, 4.69) is 90.6 Å². The number of para-hydroxylation sites is 2. The van der Waals surface area contributed by atoms with Gasteiger partial charge in [0.25, 0.3) is 0 Å². The molecule has 0 amide bonds. The van der Waals surface area contributed by atoms with Crippen molar-refractivity contribution < 1.29 is 0 Å². The first-order chi connectivity index (χ1) is 12.1. The molecule has 0 spiro atoms. The fourth-order valence-electron chi connectivity index (χ4n) is 2.97. The van der Waals surface area contributed by atoms with Gasteiger partial charge in [-0.05, 0) is 41.5 Å². The van der Waals surface area contributed by atoms with E-state index in [0.717, 1.165) is 18.1 Å². The number of nitrogens with zero attached hydrogens (tertiary/aromatic N) is 2. The van der Waals surface area contributed by atoms with Crippen LogP contribution in [0, 0.1) is 0 Å². The summed E-state index contributed by atoms with van der Waals surface area (Å²) in [6.07, 6.45) is 0. The summed E-state index contributed by atoms with van der Waals surface area (Å²) >= 11 is 6.03. The van der Waals surface area contributed by atoms with Crippen LogP contribution in [0.3, 0.4) is 0 Å². The maximum absolute atomic E-state index is 6.03. The van der Waals surface area contributed by atoms with Crippen LogP contribution in [0.2, 0.25) is 5.02 Å². The third-order valence-corrected chi connectivity index (χ3v) is 4.49. The molecule has 0 aliphatic heterocycles. The van der Waals surface area contributed by atoms with Crippen molar-refractivity contribution in [2.45, 2.75) is 13.1 Å². The van der Waals surface area contributed by atoms with E-state index in [9.17, 15) is 0 Å². The molecule has 0 fully saturated rings. The second kappa shape index (κ2) is 8.09. The molecular weight excluding hydrogens is 328 g/mol. The minimum atomic E-state index is 0.771. The van der Waals surface area contributed by atoms with Crippen molar-refractivity contribution in [3.63, 3.8) is 0 Å². The van der Waals surface area contributed by atoms with E-state index in [1.165, 1.54) is 22.5 Å². The first-order valence-corrected chi connectivity index (χ1v) is 8.81. The minimum absolute atomic E-state index is 0.771. The predicted octanol–water partition coefficient (Wildman–Crippen LogP) is 5.61. The number of hydrogen-bond donors (Lipinski definition) is 0. The predicted molar refractivity (Wildman–Crippen MR) is 109 cm³/mol. The number of halogens is 1. The number of hydrogen-bond acceptors (Lipinski definition) is 2. The second-order valence-electron chi connectivity index (χ2n) is 6.34. The Labute approximate surface area is 155 Å². The molecule has 2 nitrogen and oxygen atoms in total. The minimum Gasteiger partial charge on any atom is -0.377 e. The van der Waals surface area contributed by atoms with Crippen molar-refractivity contribution in [1.29, 1.82) is 0 Å². The molecular formula is C22H23ClN2. The van der Waals surface area contributed by atoms with Crippen LogP contribution in [-0.2, 0) is 13.1 Å². The Morgan fingerprint density at radius 1 is 0.720 bits per heavy atom. The quantitative estimate of drug-likeness (QED) is 0.570. The van der Waals surface area contributed by atoms with Crippen LogP contribution in [0.1, 0.15) is 11.1 Å². The molecule has 3 heteroatoms. The Morgan fingerprint density at radius 3 is 2.04 bits per heavy atom. The van der Waals surface area contributed by atoms with Gasteiger partial charge in [0, 0.05) is 43.6 Å². The lowest BCUT2D eigenvalue weighted by Crippen LogP contribution is -2.23. The zero-order chi connectivity index (χ0) is 17.6. The number of anilines is 2. The van der Waals surface area contributed by atoms with Gasteiger partial charge in [0.05, 0.1) is 0 Å². The summed E-state index contributed by atoms with van der Waals surface area (Å²) in [4.78, 5) is 4.56. The molecule has 0 saturated heterocycles. The van der Waals surface area contributed by atoms with Gasteiger partial charge in [0.2, 0.25) is 0 Å². The summed E-state index contributed by atoms with van der Waals surface area (Å²) < 4.78 is 0. The van der Waals surface area contributed by atoms with Crippen LogP contribution < -0.4 is 9.80 Å². The van der Waals surface area contributed by atoms with Gasteiger partial charge >= 0.3 is 0 Å². The molecule has 3 rings (SSSR count). The smallest absolute Gasteiger partial charge is 0.0453 e. The molecule has 128 valence electrons. The molecule has 0 N–H and O–H groups in total. The van der Waals surface area contributed by atoms with Gasteiger partial charge in [-0.25, -0.2) is 0 Å². The zero-order valence-electron chi connectivity index (χ0n) is 14.7. The van der Waals surface area contributed by atoms with Crippen LogP contribution in [0.15, 0.2) is 78.9 Å². The maximum atomic E-state index is 6.03. The van der Waals surface area contributed by atoms with Gasteiger partial charge in [-0.1, -0.05) is 60.1 Å². The number of rotatable bonds is 6. The topological polar surface area (TPSA) is 6.48 Å². The Kier molecular flexibility index (Phi) is 5.62. The van der Waals surface area contributed by atoms with E-state index in [0.29, 0.717) is 0 Å². The molecule has 0 aliphatic rings. The van der Waals surface area contributed by atoms with Crippen molar-refractivity contribution in [1.82, 2.24) is 0 Å². The molecule has 0 radical (unpaired) electrons. The van der Waals surface area contributed by atoms with E-state index in [4.69, 9.17) is 11.6 Å². The average Bonchev–Trinajstić information content (AvgIpc) is 2.64. The third-order valence-electron chi connectivity index (χ3n) is 4.24. The molecule has 0 heterocycles. The highest BCUT2D eigenvalue weighted by Gasteiger charge is 2.12. The summed E-state index contributed by atoms with van der Waals surface area (Å²) in [6, 6.07) is 27.2. The summed E-state index contributed by atoms with van der Waals surface area (Å²) in [5, 5.41) is 0.771. The molecule has 0 unspecified atom stereocenters. The van der Waals surface area contributed by atoms with Crippen molar-refractivity contribution >= 4 is 23.0 Å². The largest absolute Gasteiger partial charge is 0.377 e. The van der Waals surface area contributed by atoms with Crippen LogP contribution in [0.25, 0.3) is 0 Å². The van der Waals surface area contributed by atoms with Crippen molar-refractivity contribution in [3.05, 3.63) is 95.0 Å². The normalized spacial score (nSPS) is 10.5. The molecule has 0 bridgehead atoms. The van der Waals surface area contributed by atoms with E-state index in [1.54, 1.807) is 0 Å². The van der Waals surface area contributed by atoms with E-state index in [-0.39, 0.29) is 0 Å². The molecule has 0 aromatic heterocycles. The Balaban J connectivity index is 1.91. The summed E-state index contributed by atoms with van der Waals surface area (Å²) in [6.45, 7) is 1.68. The number of benzene rings is 3. The summed E-state index contributed by atoms with van der Waals surface area (Å²) in [5.41, 5.74) is 5.02. The molecule has 0 aliphatic carbocycles. The van der Waals surface area contributed by atoms with Crippen molar-refractivity contribution in [3.8, 4) is 0 Å². The molecule has 0 saturated carbocycles. The van der Waals surface area contributed by atoms with Crippen LogP contribution in [-0.4, -0.2) is 14.1 Å². The van der Waals surface area contributed by atoms with Gasteiger partial charge in [0.15, 0.2) is 0 Å². The van der Waals surface area contributed by atoms with Gasteiger partial charge in [0.1, 0.15) is 0 Å². The van der Waals surface area contributed by atoms with Crippen LogP contribution >= 0.6 is 11.6 Å². The highest BCUT2D eigenvalue weighted by Crippen LogP contribution is 2.25. The molecule has 0 atom stereocenters. The molecule has 25 heavy (non-hydrogen) atoms. The lowest BCUT2D eigenvalue weighted by molar-refractivity contribution is 0.798. The zero-order valence-corrected chi connectivity index (χ0v) is 15.4.